The molecule has 1 heterocycles. The highest BCUT2D eigenvalue weighted by Crippen LogP contribution is 2.40. The summed E-state index contributed by atoms with van der Waals surface area (Å²) in [4.78, 5) is 2.61. The summed E-state index contributed by atoms with van der Waals surface area (Å²) < 4.78 is 0. The summed E-state index contributed by atoms with van der Waals surface area (Å²) in [5.41, 5.74) is 2.88. The van der Waals surface area contributed by atoms with Gasteiger partial charge in [0.25, 0.3) is 0 Å². The molecule has 0 aromatic heterocycles. The third-order valence-electron chi connectivity index (χ3n) is 5.86. The van der Waals surface area contributed by atoms with Crippen LogP contribution in [0.2, 0.25) is 0 Å². The highest BCUT2D eigenvalue weighted by Gasteiger charge is 2.37. The van der Waals surface area contributed by atoms with Gasteiger partial charge in [0.1, 0.15) is 5.75 Å². The van der Waals surface area contributed by atoms with E-state index in [2.05, 4.69) is 55.1 Å². The molecule has 0 saturated carbocycles. The molecule has 0 unspecified atom stereocenters. The quantitative estimate of drug-likeness (QED) is 0.867. The lowest BCUT2D eigenvalue weighted by molar-refractivity contribution is 0.110. The van der Waals surface area contributed by atoms with E-state index in [1.54, 1.807) is 6.07 Å². The Balaban J connectivity index is 1.55. The number of phenols is 1. The topological polar surface area (TPSA) is 23.5 Å². The van der Waals surface area contributed by atoms with Crippen molar-refractivity contribution < 1.29 is 5.11 Å². The van der Waals surface area contributed by atoms with E-state index >= 15 is 0 Å². The lowest BCUT2D eigenvalue weighted by Gasteiger charge is -2.45. The highest BCUT2D eigenvalue weighted by molar-refractivity contribution is 5.33. The fourth-order valence-corrected chi connectivity index (χ4v) is 3.96. The molecule has 1 aliphatic heterocycles. The van der Waals surface area contributed by atoms with E-state index in [1.807, 2.05) is 12.1 Å². The van der Waals surface area contributed by atoms with Gasteiger partial charge >= 0.3 is 0 Å². The second-order valence-corrected chi connectivity index (χ2v) is 7.51. The van der Waals surface area contributed by atoms with Crippen LogP contribution >= 0.6 is 0 Å². The van der Waals surface area contributed by atoms with Crippen molar-refractivity contribution in [3.05, 3.63) is 65.7 Å². The molecular formula is C22H29NO. The molecule has 2 atom stereocenters. The van der Waals surface area contributed by atoms with Gasteiger partial charge in [0.15, 0.2) is 0 Å². The van der Waals surface area contributed by atoms with Crippen molar-refractivity contribution in [2.45, 2.75) is 38.5 Å². The van der Waals surface area contributed by atoms with Crippen LogP contribution in [-0.2, 0) is 11.8 Å². The zero-order valence-electron chi connectivity index (χ0n) is 14.9. The van der Waals surface area contributed by atoms with Gasteiger partial charge in [-0.1, -0.05) is 56.3 Å². The molecule has 0 radical (unpaired) electrons. The summed E-state index contributed by atoms with van der Waals surface area (Å²) in [6.45, 7) is 8.17. The maximum absolute atomic E-state index is 9.81. The molecule has 0 bridgehead atoms. The van der Waals surface area contributed by atoms with Gasteiger partial charge in [-0.15, -0.1) is 0 Å². The van der Waals surface area contributed by atoms with Crippen LogP contribution in [0, 0.1) is 5.92 Å². The fourth-order valence-electron chi connectivity index (χ4n) is 3.96. The fraction of sp³-hybridized carbons (Fsp3) is 0.455. The van der Waals surface area contributed by atoms with Gasteiger partial charge in [-0.25, -0.2) is 0 Å². The number of phenolic OH excluding ortho intramolecular Hbond substituents is 1. The van der Waals surface area contributed by atoms with Gasteiger partial charge in [-0.05, 0) is 66.9 Å². The number of aryl methyl sites for hydroxylation is 1. The zero-order chi connectivity index (χ0) is 17.0. The van der Waals surface area contributed by atoms with Crippen molar-refractivity contribution in [3.8, 4) is 5.75 Å². The molecule has 2 aromatic carbocycles. The minimum Gasteiger partial charge on any atom is -0.508 e. The van der Waals surface area contributed by atoms with Crippen molar-refractivity contribution in [2.24, 2.45) is 5.92 Å². The second-order valence-electron chi connectivity index (χ2n) is 7.51. The van der Waals surface area contributed by atoms with Crippen LogP contribution in [0.5, 0.6) is 5.75 Å². The first-order valence-electron chi connectivity index (χ1n) is 9.14. The number of aromatic hydroxyl groups is 1. The molecule has 1 aliphatic rings. The van der Waals surface area contributed by atoms with E-state index in [4.69, 9.17) is 0 Å². The molecule has 0 amide bonds. The maximum Gasteiger partial charge on any atom is 0.115 e. The predicted octanol–water partition coefficient (Wildman–Crippen LogP) is 4.62. The van der Waals surface area contributed by atoms with Crippen LogP contribution in [0.15, 0.2) is 54.6 Å². The van der Waals surface area contributed by atoms with Crippen LogP contribution in [-0.4, -0.2) is 29.6 Å². The van der Waals surface area contributed by atoms with Crippen molar-refractivity contribution in [1.82, 2.24) is 4.90 Å². The number of hydrogen-bond donors (Lipinski definition) is 1. The largest absolute Gasteiger partial charge is 0.508 e. The van der Waals surface area contributed by atoms with Crippen molar-refractivity contribution >= 4 is 0 Å². The van der Waals surface area contributed by atoms with Gasteiger partial charge in [-0.2, -0.15) is 0 Å². The van der Waals surface area contributed by atoms with E-state index in [0.29, 0.717) is 11.7 Å². The first kappa shape index (κ1) is 17.0. The average Bonchev–Trinajstić information content (AvgIpc) is 2.59. The van der Waals surface area contributed by atoms with Crippen molar-refractivity contribution in [3.63, 3.8) is 0 Å². The lowest BCUT2D eigenvalue weighted by atomic mass is 9.68. The number of piperidine rings is 1. The summed E-state index contributed by atoms with van der Waals surface area (Å²) in [6.07, 6.45) is 3.54. The van der Waals surface area contributed by atoms with Crippen LogP contribution in [0.3, 0.4) is 0 Å². The van der Waals surface area contributed by atoms with E-state index in [9.17, 15) is 5.11 Å². The predicted molar refractivity (Wildman–Crippen MR) is 100 cm³/mol. The Kier molecular flexibility index (Phi) is 5.25. The molecule has 1 fully saturated rings. The Morgan fingerprint density at radius 1 is 1.12 bits per heavy atom. The van der Waals surface area contributed by atoms with E-state index in [-0.39, 0.29) is 5.41 Å². The third-order valence-corrected chi connectivity index (χ3v) is 5.86. The van der Waals surface area contributed by atoms with Gasteiger partial charge in [0, 0.05) is 6.54 Å². The Morgan fingerprint density at radius 3 is 2.62 bits per heavy atom. The molecule has 24 heavy (non-hydrogen) atoms. The standard InChI is InChI=1S/C22H29NO/c1-18-17-23(14-7-10-19-8-4-3-5-9-19)15-13-22(18,2)20-11-6-12-21(24)16-20/h3-6,8-9,11-12,16,18,24H,7,10,13-15,17H2,1-2H3/t18-,22+/m0/s1. The summed E-state index contributed by atoms with van der Waals surface area (Å²) in [5.74, 6) is 0.969. The second kappa shape index (κ2) is 7.40. The molecule has 2 nitrogen and oxygen atoms in total. The lowest BCUT2D eigenvalue weighted by Crippen LogP contribution is -2.47. The summed E-state index contributed by atoms with van der Waals surface area (Å²) in [7, 11) is 0. The number of benzene rings is 2. The van der Waals surface area contributed by atoms with E-state index in [0.717, 1.165) is 25.9 Å². The van der Waals surface area contributed by atoms with Crippen molar-refractivity contribution in [1.29, 1.82) is 0 Å². The molecule has 1 saturated heterocycles. The molecule has 128 valence electrons. The number of likely N-dealkylation sites (tertiary alicyclic amines) is 1. The SMILES string of the molecule is C[C@H]1CN(CCCc2ccccc2)CC[C@@]1(C)c1cccc(O)c1. The Morgan fingerprint density at radius 2 is 1.92 bits per heavy atom. The van der Waals surface area contributed by atoms with Gasteiger partial charge in [0.2, 0.25) is 0 Å². The Bertz CT molecular complexity index is 654. The normalized spacial score (nSPS) is 24.8. The molecule has 3 rings (SSSR count). The number of rotatable bonds is 5. The van der Waals surface area contributed by atoms with Gasteiger partial charge < -0.3 is 10.0 Å². The molecule has 2 aromatic rings. The Hall–Kier alpha value is -1.80. The van der Waals surface area contributed by atoms with Crippen molar-refractivity contribution in [2.75, 3.05) is 19.6 Å². The smallest absolute Gasteiger partial charge is 0.115 e. The number of hydrogen-bond acceptors (Lipinski definition) is 2. The minimum atomic E-state index is 0.161. The molecule has 1 N–H and O–H groups in total. The zero-order valence-corrected chi connectivity index (χ0v) is 14.9. The summed E-state index contributed by atoms with van der Waals surface area (Å²) in [5, 5.41) is 9.81. The third kappa shape index (κ3) is 3.81. The molecule has 0 spiro atoms. The first-order chi connectivity index (χ1) is 11.6. The monoisotopic (exact) mass is 323 g/mol. The number of nitrogens with zero attached hydrogens (tertiary/aromatic N) is 1. The van der Waals surface area contributed by atoms with Crippen LogP contribution in [0.1, 0.15) is 37.8 Å². The first-order valence-corrected chi connectivity index (χ1v) is 9.14. The molecular weight excluding hydrogens is 294 g/mol. The highest BCUT2D eigenvalue weighted by atomic mass is 16.3. The summed E-state index contributed by atoms with van der Waals surface area (Å²) >= 11 is 0. The van der Waals surface area contributed by atoms with Gasteiger partial charge in [-0.3, -0.25) is 0 Å². The average molecular weight is 323 g/mol. The van der Waals surface area contributed by atoms with Crippen LogP contribution in [0.4, 0.5) is 0 Å². The maximum atomic E-state index is 9.81. The van der Waals surface area contributed by atoms with E-state index in [1.165, 1.54) is 24.1 Å². The molecule has 2 heteroatoms. The van der Waals surface area contributed by atoms with E-state index < -0.39 is 0 Å². The summed E-state index contributed by atoms with van der Waals surface area (Å²) in [6, 6.07) is 18.6. The minimum absolute atomic E-state index is 0.161. The van der Waals surface area contributed by atoms with Crippen LogP contribution in [0.25, 0.3) is 0 Å². The Labute approximate surface area is 146 Å². The van der Waals surface area contributed by atoms with Crippen LogP contribution < -0.4 is 0 Å². The molecule has 0 aliphatic carbocycles. The van der Waals surface area contributed by atoms with Gasteiger partial charge in [0.05, 0.1) is 0 Å².